The Balaban J connectivity index is 1.42. The van der Waals surface area contributed by atoms with Crippen molar-refractivity contribution in [2.45, 2.75) is 46.3 Å². The van der Waals surface area contributed by atoms with E-state index in [1.165, 1.54) is 5.56 Å². The van der Waals surface area contributed by atoms with E-state index >= 15 is 0 Å². The molecule has 1 aliphatic heterocycles. The molecule has 2 aromatic rings. The molecule has 34 heavy (non-hydrogen) atoms. The first-order chi connectivity index (χ1) is 16.5. The van der Waals surface area contributed by atoms with Crippen LogP contribution in [0.3, 0.4) is 0 Å². The number of benzene rings is 1. The fourth-order valence-electron chi connectivity index (χ4n) is 5.21. The Kier molecular flexibility index (Phi) is 8.19. The number of pyridine rings is 1. The van der Waals surface area contributed by atoms with Gasteiger partial charge in [0.1, 0.15) is 12.4 Å². The van der Waals surface area contributed by atoms with Crippen LogP contribution in [0.2, 0.25) is 0 Å². The van der Waals surface area contributed by atoms with Crippen molar-refractivity contribution in [2.24, 2.45) is 11.8 Å². The molecule has 1 aliphatic carbocycles. The summed E-state index contributed by atoms with van der Waals surface area (Å²) in [5.41, 5.74) is 5.21. The minimum absolute atomic E-state index is 0.0131. The van der Waals surface area contributed by atoms with Gasteiger partial charge in [-0.3, -0.25) is 14.7 Å². The highest BCUT2D eigenvalue weighted by molar-refractivity contribution is 5.78. The molecule has 0 spiro atoms. The van der Waals surface area contributed by atoms with Crippen LogP contribution in [-0.2, 0) is 22.6 Å². The van der Waals surface area contributed by atoms with Crippen molar-refractivity contribution in [3.63, 3.8) is 0 Å². The van der Waals surface area contributed by atoms with Gasteiger partial charge in [-0.05, 0) is 61.1 Å². The van der Waals surface area contributed by atoms with Gasteiger partial charge in [-0.25, -0.2) is 0 Å². The summed E-state index contributed by atoms with van der Waals surface area (Å²) in [6.07, 6.45) is 4.50. The van der Waals surface area contributed by atoms with E-state index in [0.717, 1.165) is 73.7 Å². The van der Waals surface area contributed by atoms with Gasteiger partial charge in [-0.2, -0.15) is 0 Å². The number of nitrogens with one attached hydrogen (secondary N) is 1. The van der Waals surface area contributed by atoms with Crippen LogP contribution in [0, 0.1) is 25.7 Å². The monoisotopic (exact) mass is 467 g/mol. The van der Waals surface area contributed by atoms with Gasteiger partial charge in [0.25, 0.3) is 0 Å². The quantitative estimate of drug-likeness (QED) is 0.621. The van der Waals surface area contributed by atoms with Gasteiger partial charge < -0.3 is 19.9 Å². The van der Waals surface area contributed by atoms with Crippen LogP contribution < -0.4 is 10.1 Å². The summed E-state index contributed by atoms with van der Waals surface area (Å²) in [5.74, 6) is 0.400. The van der Waals surface area contributed by atoms with Gasteiger partial charge in [0.2, 0.25) is 5.91 Å². The number of amides is 1. The lowest BCUT2D eigenvalue weighted by molar-refractivity contribution is -0.128. The molecule has 2 aliphatic rings. The standard InChI is InChI=1S/C27H37N3O4/c1-18-15-24(34-17-21-5-4-8-28-16-21)20(3)25-22(18)6-7-23(26(25)31)19(2)27(32)29-9-10-30-11-13-33-14-12-30/h4-5,8,15-16,19,23,26,31H,6-7,9-14,17H2,1-3H3,(H,29,32)/t19-,23+,26+/m0/s1. The zero-order valence-corrected chi connectivity index (χ0v) is 20.5. The average molecular weight is 468 g/mol. The maximum Gasteiger partial charge on any atom is 0.223 e. The molecular formula is C27H37N3O4. The largest absolute Gasteiger partial charge is 0.489 e. The lowest BCUT2D eigenvalue weighted by Gasteiger charge is -2.36. The molecule has 1 amide bonds. The molecule has 1 saturated heterocycles. The summed E-state index contributed by atoms with van der Waals surface area (Å²) in [6, 6.07) is 5.95. The summed E-state index contributed by atoms with van der Waals surface area (Å²) in [6.45, 7) is 11.2. The zero-order chi connectivity index (χ0) is 24.1. The van der Waals surface area contributed by atoms with Gasteiger partial charge in [0.05, 0.1) is 19.3 Å². The molecule has 7 nitrogen and oxygen atoms in total. The van der Waals surface area contributed by atoms with E-state index in [1.54, 1.807) is 12.4 Å². The Morgan fingerprint density at radius 1 is 1.35 bits per heavy atom. The summed E-state index contributed by atoms with van der Waals surface area (Å²) in [5, 5.41) is 14.5. The molecule has 0 bridgehead atoms. The fraction of sp³-hybridized carbons (Fsp3) is 0.556. The SMILES string of the molecule is Cc1cc(OCc2cccnc2)c(C)c2c1CC[C@H]([C@H](C)C(=O)NCCN1CCOCC1)[C@H]2O. The van der Waals surface area contributed by atoms with Gasteiger partial charge >= 0.3 is 0 Å². The molecule has 1 fully saturated rings. The number of aliphatic hydroxyl groups excluding tert-OH is 1. The molecule has 1 aromatic carbocycles. The Morgan fingerprint density at radius 3 is 2.88 bits per heavy atom. The first-order valence-electron chi connectivity index (χ1n) is 12.4. The van der Waals surface area contributed by atoms with Crippen molar-refractivity contribution < 1.29 is 19.4 Å². The number of morpholine rings is 1. The van der Waals surface area contributed by atoms with Crippen molar-refractivity contribution in [2.75, 3.05) is 39.4 Å². The highest BCUT2D eigenvalue weighted by atomic mass is 16.5. The zero-order valence-electron chi connectivity index (χ0n) is 20.5. The third-order valence-corrected chi connectivity index (χ3v) is 7.36. The third kappa shape index (κ3) is 5.59. The molecule has 2 heterocycles. The van der Waals surface area contributed by atoms with Crippen molar-refractivity contribution in [3.05, 3.63) is 58.4 Å². The molecule has 0 unspecified atom stereocenters. The number of carbonyl (C=O) groups excluding carboxylic acids is 1. The van der Waals surface area contributed by atoms with Crippen LogP contribution in [0.15, 0.2) is 30.6 Å². The van der Waals surface area contributed by atoms with Crippen molar-refractivity contribution >= 4 is 5.91 Å². The lowest BCUT2D eigenvalue weighted by atomic mass is 9.72. The van der Waals surface area contributed by atoms with Gasteiger partial charge in [0.15, 0.2) is 0 Å². The fourth-order valence-corrected chi connectivity index (χ4v) is 5.21. The number of fused-ring (bicyclic) bond motifs is 1. The highest BCUT2D eigenvalue weighted by Crippen LogP contribution is 2.44. The first kappa shape index (κ1) is 24.6. The van der Waals surface area contributed by atoms with Crippen molar-refractivity contribution in [1.82, 2.24) is 15.2 Å². The smallest absolute Gasteiger partial charge is 0.223 e. The minimum Gasteiger partial charge on any atom is -0.489 e. The number of hydrogen-bond donors (Lipinski definition) is 2. The maximum absolute atomic E-state index is 12.9. The summed E-state index contributed by atoms with van der Waals surface area (Å²) in [7, 11) is 0. The number of hydrogen-bond acceptors (Lipinski definition) is 6. The van der Waals surface area contributed by atoms with E-state index in [4.69, 9.17) is 9.47 Å². The van der Waals surface area contributed by atoms with Gasteiger partial charge in [-0.1, -0.05) is 13.0 Å². The topological polar surface area (TPSA) is 83.9 Å². The Morgan fingerprint density at radius 2 is 2.15 bits per heavy atom. The molecule has 0 saturated carbocycles. The number of aromatic nitrogens is 1. The molecule has 184 valence electrons. The molecule has 3 atom stereocenters. The normalized spacial score (nSPS) is 21.5. The second kappa shape index (κ2) is 11.3. The Labute approximate surface area is 202 Å². The molecule has 4 rings (SSSR count). The van der Waals surface area contributed by atoms with Crippen molar-refractivity contribution in [1.29, 1.82) is 0 Å². The van der Waals surface area contributed by atoms with E-state index in [1.807, 2.05) is 26.0 Å². The lowest BCUT2D eigenvalue weighted by Crippen LogP contribution is -2.43. The number of nitrogens with zero attached hydrogens (tertiary/aromatic N) is 2. The third-order valence-electron chi connectivity index (χ3n) is 7.36. The van der Waals surface area contributed by atoms with E-state index in [0.29, 0.717) is 13.2 Å². The van der Waals surface area contributed by atoms with Gasteiger partial charge in [0, 0.05) is 56.0 Å². The molecule has 0 radical (unpaired) electrons. The summed E-state index contributed by atoms with van der Waals surface area (Å²) >= 11 is 0. The van der Waals surface area contributed by atoms with E-state index in [9.17, 15) is 9.90 Å². The summed E-state index contributed by atoms with van der Waals surface area (Å²) < 4.78 is 11.5. The maximum atomic E-state index is 12.9. The number of aryl methyl sites for hydroxylation is 1. The predicted molar refractivity (Wildman–Crippen MR) is 131 cm³/mol. The number of aliphatic hydroxyl groups is 1. The van der Waals surface area contributed by atoms with Crippen LogP contribution in [-0.4, -0.2) is 60.3 Å². The molecule has 1 aromatic heterocycles. The van der Waals surface area contributed by atoms with Crippen molar-refractivity contribution in [3.8, 4) is 5.75 Å². The molecule has 2 N–H and O–H groups in total. The van der Waals surface area contributed by atoms with Crippen LogP contribution in [0.5, 0.6) is 5.75 Å². The number of rotatable bonds is 8. The molecule has 7 heteroatoms. The molecular weight excluding hydrogens is 430 g/mol. The van der Waals surface area contributed by atoms with E-state index in [2.05, 4.69) is 28.2 Å². The van der Waals surface area contributed by atoms with Crippen LogP contribution in [0.1, 0.15) is 47.3 Å². The van der Waals surface area contributed by atoms with E-state index < -0.39 is 6.10 Å². The second-order valence-corrected chi connectivity index (χ2v) is 9.54. The van der Waals surface area contributed by atoms with Crippen LogP contribution >= 0.6 is 0 Å². The minimum atomic E-state index is -0.690. The Hall–Kier alpha value is -2.48. The van der Waals surface area contributed by atoms with Crippen LogP contribution in [0.4, 0.5) is 0 Å². The van der Waals surface area contributed by atoms with E-state index in [-0.39, 0.29) is 17.7 Å². The predicted octanol–water partition coefficient (Wildman–Crippen LogP) is 2.96. The summed E-state index contributed by atoms with van der Waals surface area (Å²) in [4.78, 5) is 19.4. The van der Waals surface area contributed by atoms with Gasteiger partial charge in [-0.15, -0.1) is 0 Å². The first-order valence-corrected chi connectivity index (χ1v) is 12.4. The second-order valence-electron chi connectivity index (χ2n) is 9.54. The highest BCUT2D eigenvalue weighted by Gasteiger charge is 2.37. The van der Waals surface area contributed by atoms with Crippen LogP contribution in [0.25, 0.3) is 0 Å². The number of ether oxygens (including phenoxy) is 2. The average Bonchev–Trinajstić information content (AvgIpc) is 2.86. The Bertz CT molecular complexity index is 976. The number of carbonyl (C=O) groups is 1.